The van der Waals surface area contributed by atoms with Crippen LogP contribution in [0.5, 0.6) is 0 Å². The first kappa shape index (κ1) is 17.5. The lowest BCUT2D eigenvalue weighted by molar-refractivity contribution is -0.122. The number of benzene rings is 1. The van der Waals surface area contributed by atoms with E-state index in [4.69, 9.17) is 0 Å². The average molecular weight is 352 g/mol. The average Bonchev–Trinajstić information content (AvgIpc) is 3.14. The molecule has 0 radical (unpaired) electrons. The van der Waals surface area contributed by atoms with Crippen molar-refractivity contribution in [2.75, 3.05) is 0 Å². The molecule has 8 heteroatoms. The van der Waals surface area contributed by atoms with E-state index in [1.807, 2.05) is 45.0 Å². The molecule has 8 nitrogen and oxygen atoms in total. The van der Waals surface area contributed by atoms with Gasteiger partial charge >= 0.3 is 0 Å². The first-order chi connectivity index (χ1) is 12.4. The molecule has 3 aromatic rings. The van der Waals surface area contributed by atoms with Gasteiger partial charge in [-0.3, -0.25) is 9.59 Å². The fraction of sp³-hybridized carbons (Fsp3) is 0.278. The van der Waals surface area contributed by atoms with Gasteiger partial charge in [0.05, 0.1) is 17.4 Å². The molecule has 0 saturated heterocycles. The van der Waals surface area contributed by atoms with Gasteiger partial charge in [0.25, 0.3) is 5.56 Å². The SMILES string of the molecule is Cc1cc(=O)n(CC(=O)NC(C)c2ccc(-n3cncn3)cc2)nc1C. The van der Waals surface area contributed by atoms with Crippen molar-refractivity contribution in [3.63, 3.8) is 0 Å². The summed E-state index contributed by atoms with van der Waals surface area (Å²) in [5.41, 5.74) is 3.09. The molecule has 1 aromatic carbocycles. The Morgan fingerprint density at radius 1 is 1.23 bits per heavy atom. The quantitative estimate of drug-likeness (QED) is 0.747. The van der Waals surface area contributed by atoms with Crippen LogP contribution in [-0.4, -0.2) is 30.5 Å². The number of hydrogen-bond acceptors (Lipinski definition) is 5. The molecule has 0 bridgehead atoms. The summed E-state index contributed by atoms with van der Waals surface area (Å²) in [5, 5.41) is 11.1. The second-order valence-corrected chi connectivity index (χ2v) is 6.13. The molecule has 0 fully saturated rings. The van der Waals surface area contributed by atoms with E-state index < -0.39 is 0 Å². The van der Waals surface area contributed by atoms with Crippen LogP contribution in [0.25, 0.3) is 5.69 Å². The molecule has 0 aliphatic heterocycles. The second-order valence-electron chi connectivity index (χ2n) is 6.13. The van der Waals surface area contributed by atoms with Gasteiger partial charge in [-0.2, -0.15) is 10.2 Å². The first-order valence-electron chi connectivity index (χ1n) is 8.24. The Kier molecular flexibility index (Phi) is 4.92. The predicted octanol–water partition coefficient (Wildman–Crippen LogP) is 1.32. The molecule has 1 N–H and O–H groups in total. The number of nitrogens with one attached hydrogen (secondary N) is 1. The molecule has 3 rings (SSSR count). The van der Waals surface area contributed by atoms with Crippen molar-refractivity contribution in [1.29, 1.82) is 0 Å². The third-order valence-electron chi connectivity index (χ3n) is 4.18. The van der Waals surface area contributed by atoms with Crippen LogP contribution in [0.2, 0.25) is 0 Å². The zero-order valence-corrected chi connectivity index (χ0v) is 14.9. The van der Waals surface area contributed by atoms with E-state index in [1.165, 1.54) is 17.1 Å². The van der Waals surface area contributed by atoms with Crippen LogP contribution in [-0.2, 0) is 11.3 Å². The van der Waals surface area contributed by atoms with E-state index in [2.05, 4.69) is 20.5 Å². The zero-order valence-electron chi connectivity index (χ0n) is 14.9. The Balaban J connectivity index is 1.66. The molecule has 0 saturated carbocycles. The minimum absolute atomic E-state index is 0.110. The minimum Gasteiger partial charge on any atom is -0.348 e. The molecule has 1 unspecified atom stereocenters. The molecule has 1 atom stereocenters. The van der Waals surface area contributed by atoms with E-state index in [-0.39, 0.29) is 24.1 Å². The van der Waals surface area contributed by atoms with Crippen molar-refractivity contribution in [3.05, 3.63) is 70.2 Å². The summed E-state index contributed by atoms with van der Waals surface area (Å²) < 4.78 is 2.84. The smallest absolute Gasteiger partial charge is 0.267 e. The molecule has 0 spiro atoms. The highest BCUT2D eigenvalue weighted by Crippen LogP contribution is 2.15. The Morgan fingerprint density at radius 3 is 2.62 bits per heavy atom. The van der Waals surface area contributed by atoms with Gasteiger partial charge in [0, 0.05) is 6.07 Å². The van der Waals surface area contributed by atoms with Gasteiger partial charge in [0.2, 0.25) is 5.91 Å². The summed E-state index contributed by atoms with van der Waals surface area (Å²) in [6.45, 7) is 5.40. The number of carbonyl (C=O) groups excluding carboxylic acids is 1. The van der Waals surface area contributed by atoms with Crippen LogP contribution in [0.4, 0.5) is 0 Å². The maximum Gasteiger partial charge on any atom is 0.267 e. The van der Waals surface area contributed by atoms with Crippen LogP contribution >= 0.6 is 0 Å². The normalized spacial score (nSPS) is 12.0. The summed E-state index contributed by atoms with van der Waals surface area (Å²) in [6, 6.07) is 8.94. The molecule has 2 heterocycles. The lowest BCUT2D eigenvalue weighted by Crippen LogP contribution is -2.35. The van der Waals surface area contributed by atoms with E-state index >= 15 is 0 Å². The van der Waals surface area contributed by atoms with Crippen LogP contribution in [0.15, 0.2) is 47.8 Å². The minimum atomic E-state index is -0.284. The topological polar surface area (TPSA) is 94.7 Å². The third-order valence-corrected chi connectivity index (χ3v) is 4.18. The molecule has 26 heavy (non-hydrogen) atoms. The van der Waals surface area contributed by atoms with Crippen molar-refractivity contribution in [3.8, 4) is 5.69 Å². The van der Waals surface area contributed by atoms with Crippen molar-refractivity contribution < 1.29 is 4.79 Å². The van der Waals surface area contributed by atoms with Crippen molar-refractivity contribution in [1.82, 2.24) is 29.9 Å². The first-order valence-corrected chi connectivity index (χ1v) is 8.24. The summed E-state index contributed by atoms with van der Waals surface area (Å²) >= 11 is 0. The van der Waals surface area contributed by atoms with Gasteiger partial charge < -0.3 is 5.32 Å². The summed E-state index contributed by atoms with van der Waals surface area (Å²) in [7, 11) is 0. The maximum atomic E-state index is 12.3. The van der Waals surface area contributed by atoms with Gasteiger partial charge in [0.15, 0.2) is 0 Å². The van der Waals surface area contributed by atoms with Crippen LogP contribution in [0.3, 0.4) is 0 Å². The zero-order chi connectivity index (χ0) is 18.7. The van der Waals surface area contributed by atoms with Crippen molar-refractivity contribution in [2.24, 2.45) is 0 Å². The van der Waals surface area contributed by atoms with Crippen LogP contribution < -0.4 is 10.9 Å². The lowest BCUT2D eigenvalue weighted by atomic mass is 10.1. The summed E-state index contributed by atoms with van der Waals surface area (Å²) in [4.78, 5) is 28.1. The Hall–Kier alpha value is -3.29. The number of hydrogen-bond donors (Lipinski definition) is 1. The number of rotatable bonds is 5. The molecule has 134 valence electrons. The van der Waals surface area contributed by atoms with Gasteiger partial charge in [-0.05, 0) is 44.0 Å². The van der Waals surface area contributed by atoms with Crippen LogP contribution in [0.1, 0.15) is 29.8 Å². The number of amides is 1. The van der Waals surface area contributed by atoms with Gasteiger partial charge in [0.1, 0.15) is 19.2 Å². The van der Waals surface area contributed by atoms with Gasteiger partial charge in [-0.15, -0.1) is 0 Å². The monoisotopic (exact) mass is 352 g/mol. The van der Waals surface area contributed by atoms with Gasteiger partial charge in [-0.25, -0.2) is 14.3 Å². The maximum absolute atomic E-state index is 12.3. The fourth-order valence-corrected chi connectivity index (χ4v) is 2.55. The molecule has 1 amide bonds. The number of aryl methyl sites for hydroxylation is 2. The molecular weight excluding hydrogens is 332 g/mol. The Morgan fingerprint density at radius 2 is 1.96 bits per heavy atom. The van der Waals surface area contributed by atoms with Crippen LogP contribution in [0, 0.1) is 13.8 Å². The third kappa shape index (κ3) is 3.85. The Bertz CT molecular complexity index is 960. The highest BCUT2D eigenvalue weighted by atomic mass is 16.2. The largest absolute Gasteiger partial charge is 0.348 e. The number of nitrogens with zero attached hydrogens (tertiary/aromatic N) is 5. The lowest BCUT2D eigenvalue weighted by Gasteiger charge is -2.15. The standard InChI is InChI=1S/C18H20N6O2/c1-12-8-18(26)23(22-13(12)2)9-17(25)21-14(3)15-4-6-16(7-5-15)24-11-19-10-20-24/h4-8,10-11,14H,9H2,1-3H3,(H,21,25). The van der Waals surface area contributed by atoms with E-state index in [0.717, 1.165) is 22.5 Å². The summed E-state index contributed by atoms with van der Waals surface area (Å²) in [6.07, 6.45) is 3.09. The van der Waals surface area contributed by atoms with E-state index in [1.54, 1.807) is 11.0 Å². The van der Waals surface area contributed by atoms with Gasteiger partial charge in [-0.1, -0.05) is 12.1 Å². The molecule has 0 aliphatic carbocycles. The number of aromatic nitrogens is 5. The highest BCUT2D eigenvalue weighted by molar-refractivity contribution is 5.76. The molecule has 0 aliphatic rings. The predicted molar refractivity (Wildman–Crippen MR) is 95.9 cm³/mol. The number of carbonyl (C=O) groups is 1. The highest BCUT2D eigenvalue weighted by Gasteiger charge is 2.12. The molecule has 2 aromatic heterocycles. The van der Waals surface area contributed by atoms with Crippen molar-refractivity contribution >= 4 is 5.91 Å². The summed E-state index contributed by atoms with van der Waals surface area (Å²) in [5.74, 6) is -0.268. The molecular formula is C18H20N6O2. The van der Waals surface area contributed by atoms with Crippen molar-refractivity contribution in [2.45, 2.75) is 33.4 Å². The van der Waals surface area contributed by atoms with E-state index in [0.29, 0.717) is 0 Å². The second kappa shape index (κ2) is 7.30. The van der Waals surface area contributed by atoms with E-state index in [9.17, 15) is 9.59 Å². The fourth-order valence-electron chi connectivity index (χ4n) is 2.55. The Labute approximate surface area is 150 Å².